The van der Waals surface area contributed by atoms with Gasteiger partial charge < -0.3 is 0 Å². The highest BCUT2D eigenvalue weighted by Gasteiger charge is 2.21. The molecule has 0 aliphatic rings. The van der Waals surface area contributed by atoms with Gasteiger partial charge in [-0.3, -0.25) is 0 Å². The van der Waals surface area contributed by atoms with Gasteiger partial charge in [0.25, 0.3) is 0 Å². The van der Waals surface area contributed by atoms with Crippen molar-refractivity contribution in [2.45, 2.75) is 18.6 Å². The molecule has 0 bridgehead atoms. The number of nitrogens with zero attached hydrogens (tertiary/aromatic N) is 1. The van der Waals surface area contributed by atoms with Crippen molar-refractivity contribution in [3.05, 3.63) is 0 Å². The van der Waals surface area contributed by atoms with Crippen molar-refractivity contribution < 1.29 is 0 Å². The Balaban J connectivity index is 3.81. The first-order valence-corrected chi connectivity index (χ1v) is 4.31. The molecule has 0 saturated carbocycles. The Morgan fingerprint density at radius 3 is 2.44 bits per heavy atom. The lowest BCUT2D eigenvalue weighted by Crippen LogP contribution is -2.19. The lowest BCUT2D eigenvalue weighted by molar-refractivity contribution is 0.922. The van der Waals surface area contributed by atoms with E-state index in [-0.39, 0.29) is 4.75 Å². The van der Waals surface area contributed by atoms with Gasteiger partial charge in [0.15, 0.2) is 0 Å². The Morgan fingerprint density at radius 1 is 1.78 bits per heavy atom. The molecule has 9 heavy (non-hydrogen) atoms. The summed E-state index contributed by atoms with van der Waals surface area (Å²) in [7, 11) is 0. The topological polar surface area (TPSA) is 23.8 Å². The number of thioether (sulfide) groups is 1. The van der Waals surface area contributed by atoms with Gasteiger partial charge in [-0.15, -0.1) is 23.4 Å². The van der Waals surface area contributed by atoms with Gasteiger partial charge in [-0.25, -0.2) is 0 Å². The van der Waals surface area contributed by atoms with E-state index in [2.05, 4.69) is 6.07 Å². The molecule has 0 rings (SSSR count). The minimum absolute atomic E-state index is 0.379. The molecule has 3 heteroatoms. The normalized spacial score (nSPS) is 16.2. The Bertz CT molecular complexity index is 121. The van der Waals surface area contributed by atoms with Gasteiger partial charge in [0.1, 0.15) is 4.75 Å². The number of halogens is 1. The summed E-state index contributed by atoms with van der Waals surface area (Å²) in [6, 6.07) is 2.16. The molecule has 0 fully saturated rings. The molecule has 0 heterocycles. The lowest BCUT2D eigenvalue weighted by Gasteiger charge is -2.15. The zero-order valence-corrected chi connectivity index (χ0v) is 7.22. The molecule has 1 unspecified atom stereocenters. The molecule has 0 aliphatic carbocycles. The molecule has 0 amide bonds. The third-order valence-electron chi connectivity index (χ3n) is 0.954. The van der Waals surface area contributed by atoms with Crippen molar-refractivity contribution in [3.63, 3.8) is 0 Å². The average Bonchev–Trinajstić information content (AvgIpc) is 1.89. The van der Waals surface area contributed by atoms with E-state index in [1.54, 1.807) is 11.8 Å². The van der Waals surface area contributed by atoms with Crippen LogP contribution in [0, 0.1) is 11.3 Å². The fourth-order valence-electron chi connectivity index (χ4n) is 0.419. The predicted octanol–water partition coefficient (Wildman–Crippen LogP) is 2.26. The fraction of sp³-hybridized carbons (Fsp3) is 0.833. The molecule has 0 aromatic carbocycles. The lowest BCUT2D eigenvalue weighted by atomic mass is 10.2. The molecule has 52 valence electrons. The molecule has 1 atom stereocenters. The summed E-state index contributed by atoms with van der Waals surface area (Å²) in [5.74, 6) is 1.35. The summed E-state index contributed by atoms with van der Waals surface area (Å²) in [6.45, 7) is 3.88. The summed E-state index contributed by atoms with van der Waals surface area (Å²) >= 11 is 7.13. The van der Waals surface area contributed by atoms with Crippen molar-refractivity contribution in [2.24, 2.45) is 0 Å². The third-order valence-corrected chi connectivity index (χ3v) is 2.81. The smallest absolute Gasteiger partial charge is 0.113 e. The van der Waals surface area contributed by atoms with Crippen molar-refractivity contribution in [2.75, 3.05) is 11.6 Å². The van der Waals surface area contributed by atoms with Gasteiger partial charge in [0.2, 0.25) is 0 Å². The molecule has 0 spiro atoms. The number of rotatable bonds is 3. The second kappa shape index (κ2) is 4.03. The highest BCUT2D eigenvalue weighted by atomic mass is 35.5. The largest absolute Gasteiger partial charge is 0.197 e. The average molecular weight is 164 g/mol. The summed E-state index contributed by atoms with van der Waals surface area (Å²) < 4.78 is -0.379. The second-order valence-corrected chi connectivity index (χ2v) is 3.94. The van der Waals surface area contributed by atoms with Crippen LogP contribution in [0.5, 0.6) is 0 Å². The molecule has 0 aliphatic heterocycles. The van der Waals surface area contributed by atoms with Crippen LogP contribution < -0.4 is 0 Å². The molecular weight excluding hydrogens is 154 g/mol. The molecule has 0 N–H and O–H groups in total. The van der Waals surface area contributed by atoms with Crippen LogP contribution in [0.25, 0.3) is 0 Å². The van der Waals surface area contributed by atoms with E-state index in [0.717, 1.165) is 5.75 Å². The van der Waals surface area contributed by atoms with Gasteiger partial charge in [-0.05, 0) is 12.7 Å². The standard InChI is InChI=1S/C6H10ClNS/c1-3-9-6(2,4-7)5-8/h3-4H2,1-2H3. The minimum atomic E-state index is -0.379. The van der Waals surface area contributed by atoms with Gasteiger partial charge in [0, 0.05) is 0 Å². The molecule has 0 saturated heterocycles. The Morgan fingerprint density at radius 2 is 2.33 bits per heavy atom. The van der Waals surface area contributed by atoms with Crippen LogP contribution in [0.1, 0.15) is 13.8 Å². The van der Waals surface area contributed by atoms with Crippen LogP contribution >= 0.6 is 23.4 Å². The van der Waals surface area contributed by atoms with Gasteiger partial charge in [0.05, 0.1) is 11.9 Å². The van der Waals surface area contributed by atoms with Crippen LogP contribution in [0.4, 0.5) is 0 Å². The maximum absolute atomic E-state index is 8.56. The first kappa shape index (κ1) is 9.13. The van der Waals surface area contributed by atoms with E-state index in [1.165, 1.54) is 0 Å². The maximum atomic E-state index is 8.56. The second-order valence-electron chi connectivity index (χ2n) is 1.91. The fourth-order valence-corrected chi connectivity index (χ4v) is 1.49. The number of nitriles is 1. The molecule has 0 aromatic rings. The first-order chi connectivity index (χ1) is 4.18. The van der Waals surface area contributed by atoms with Gasteiger partial charge in [-0.1, -0.05) is 6.92 Å². The van der Waals surface area contributed by atoms with E-state index < -0.39 is 0 Å². The van der Waals surface area contributed by atoms with Crippen molar-refractivity contribution in [1.29, 1.82) is 5.26 Å². The van der Waals surface area contributed by atoms with E-state index >= 15 is 0 Å². The zero-order valence-electron chi connectivity index (χ0n) is 5.65. The van der Waals surface area contributed by atoms with Crippen molar-refractivity contribution in [1.82, 2.24) is 0 Å². The predicted molar refractivity (Wildman–Crippen MR) is 42.9 cm³/mol. The summed E-state index contributed by atoms with van der Waals surface area (Å²) in [6.07, 6.45) is 0. The van der Waals surface area contributed by atoms with E-state index in [4.69, 9.17) is 16.9 Å². The Kier molecular flexibility index (Phi) is 4.09. The van der Waals surface area contributed by atoms with Crippen molar-refractivity contribution in [3.8, 4) is 6.07 Å². The SMILES string of the molecule is CCSC(C)(C#N)CCl. The van der Waals surface area contributed by atoms with Crippen molar-refractivity contribution >= 4 is 23.4 Å². The Labute approximate surface area is 65.4 Å². The number of hydrogen-bond acceptors (Lipinski definition) is 2. The third kappa shape index (κ3) is 2.98. The van der Waals surface area contributed by atoms with Gasteiger partial charge in [-0.2, -0.15) is 5.26 Å². The monoisotopic (exact) mass is 163 g/mol. The summed E-state index contributed by atoms with van der Waals surface area (Å²) in [5, 5.41) is 8.56. The van der Waals surface area contributed by atoms with Crippen LogP contribution in [-0.4, -0.2) is 16.4 Å². The van der Waals surface area contributed by atoms with E-state index in [0.29, 0.717) is 5.88 Å². The molecule has 0 aromatic heterocycles. The Hall–Kier alpha value is 0.130. The summed E-state index contributed by atoms with van der Waals surface area (Å²) in [4.78, 5) is 0. The number of alkyl halides is 1. The van der Waals surface area contributed by atoms with E-state index in [1.807, 2.05) is 13.8 Å². The minimum Gasteiger partial charge on any atom is -0.197 e. The first-order valence-electron chi connectivity index (χ1n) is 2.79. The maximum Gasteiger partial charge on any atom is 0.113 e. The van der Waals surface area contributed by atoms with Crippen LogP contribution in [0.2, 0.25) is 0 Å². The quantitative estimate of drug-likeness (QED) is 0.596. The molecule has 0 radical (unpaired) electrons. The highest BCUT2D eigenvalue weighted by molar-refractivity contribution is 8.00. The molecular formula is C6H10ClNS. The van der Waals surface area contributed by atoms with Gasteiger partial charge >= 0.3 is 0 Å². The van der Waals surface area contributed by atoms with E-state index in [9.17, 15) is 0 Å². The number of hydrogen-bond donors (Lipinski definition) is 0. The van der Waals surface area contributed by atoms with Crippen LogP contribution in [-0.2, 0) is 0 Å². The molecule has 1 nitrogen and oxygen atoms in total. The zero-order chi connectivity index (χ0) is 7.33. The summed E-state index contributed by atoms with van der Waals surface area (Å²) in [5.41, 5.74) is 0. The van der Waals surface area contributed by atoms with Crippen LogP contribution in [0.3, 0.4) is 0 Å². The van der Waals surface area contributed by atoms with Crippen LogP contribution in [0.15, 0.2) is 0 Å². The highest BCUT2D eigenvalue weighted by Crippen LogP contribution is 2.24.